The van der Waals surface area contributed by atoms with E-state index in [1.807, 2.05) is 121 Å². The first-order valence-electron chi connectivity index (χ1n) is 13.7. The summed E-state index contributed by atoms with van der Waals surface area (Å²) in [4.78, 5) is 0. The lowest BCUT2D eigenvalue weighted by molar-refractivity contribution is -0.139. The summed E-state index contributed by atoms with van der Waals surface area (Å²) in [5, 5.41) is 22.1. The summed E-state index contributed by atoms with van der Waals surface area (Å²) < 4.78 is 27.3. The Morgan fingerprint density at radius 3 is 1.12 bits per heavy atom. The smallest absolute Gasteiger partial charge is 0.110 e. The van der Waals surface area contributed by atoms with Crippen molar-refractivity contribution >= 4 is 10.8 Å². The number of ether oxygens (including phenoxy) is 2. The maximum absolute atomic E-state index is 14.6. The van der Waals surface area contributed by atoms with Crippen LogP contribution in [0.25, 0.3) is 0 Å². The van der Waals surface area contributed by atoms with Crippen LogP contribution in [0.3, 0.4) is 0 Å². The Bertz CT molecular complexity index is 1220. The van der Waals surface area contributed by atoms with Crippen LogP contribution in [0.4, 0.5) is 0 Å². The Morgan fingerprint density at radius 1 is 0.500 bits per heavy atom. The molecule has 4 aromatic rings. The van der Waals surface area contributed by atoms with Crippen molar-refractivity contribution in [1.82, 2.24) is 0 Å². The molecule has 6 heteroatoms. The van der Waals surface area contributed by atoms with E-state index in [4.69, 9.17) is 9.47 Å². The van der Waals surface area contributed by atoms with Gasteiger partial charge in [0.05, 0.1) is 23.7 Å². The van der Waals surface area contributed by atoms with E-state index in [0.717, 1.165) is 22.3 Å². The third-order valence-corrected chi connectivity index (χ3v) is 9.55. The van der Waals surface area contributed by atoms with Crippen molar-refractivity contribution in [2.45, 2.75) is 61.0 Å². The molecule has 4 aromatic carbocycles. The highest BCUT2D eigenvalue weighted by atomic mass is 32.2. The second-order valence-electron chi connectivity index (χ2n) is 10.3. The number of aliphatic hydroxyl groups is 2. The molecule has 0 aliphatic carbocycles. The number of rotatable bonds is 10. The average Bonchev–Trinajstić information content (AvgIpc) is 3.07. The largest absolute Gasteiger partial charge is 0.388 e. The van der Waals surface area contributed by atoms with Crippen molar-refractivity contribution in [2.75, 3.05) is 0 Å². The lowest BCUT2D eigenvalue weighted by Gasteiger charge is -2.31. The van der Waals surface area contributed by atoms with Crippen molar-refractivity contribution in [3.05, 3.63) is 144 Å². The lowest BCUT2D eigenvalue weighted by atomic mass is 9.94. The van der Waals surface area contributed by atoms with Gasteiger partial charge in [-0.25, -0.2) is 0 Å². The van der Waals surface area contributed by atoms with E-state index in [9.17, 15) is 14.4 Å². The van der Waals surface area contributed by atoms with Crippen LogP contribution in [0.2, 0.25) is 0 Å². The maximum Gasteiger partial charge on any atom is 0.110 e. The Labute approximate surface area is 238 Å². The van der Waals surface area contributed by atoms with Crippen LogP contribution >= 0.6 is 0 Å². The minimum absolute atomic E-state index is 0.233. The third-order valence-electron chi connectivity index (χ3n) is 7.48. The highest BCUT2D eigenvalue weighted by Gasteiger charge is 2.50. The first kappa shape index (κ1) is 28.4. The molecule has 7 atom stereocenters. The Hall–Kier alpha value is -3.13. The van der Waals surface area contributed by atoms with Gasteiger partial charge in [0.25, 0.3) is 0 Å². The minimum Gasteiger partial charge on any atom is -0.388 e. The molecule has 1 heterocycles. The summed E-state index contributed by atoms with van der Waals surface area (Å²) in [6.07, 6.45) is -3.42. The predicted octanol–water partition coefficient (Wildman–Crippen LogP) is 4.86. The second kappa shape index (κ2) is 14.0. The second-order valence-corrected chi connectivity index (χ2v) is 12.2. The molecule has 208 valence electrons. The molecule has 1 unspecified atom stereocenters. The van der Waals surface area contributed by atoms with E-state index < -0.39 is 45.7 Å². The summed E-state index contributed by atoms with van der Waals surface area (Å²) in [6.45, 7) is 0.466. The van der Waals surface area contributed by atoms with Gasteiger partial charge in [-0.1, -0.05) is 121 Å². The zero-order chi connectivity index (χ0) is 27.7. The molecule has 5 nitrogen and oxygen atoms in total. The maximum atomic E-state index is 14.6. The fraction of sp³-hybridized carbons (Fsp3) is 0.294. The fourth-order valence-corrected chi connectivity index (χ4v) is 7.52. The third kappa shape index (κ3) is 7.14. The van der Waals surface area contributed by atoms with E-state index in [1.165, 1.54) is 0 Å². The molecule has 40 heavy (non-hydrogen) atoms. The highest BCUT2D eigenvalue weighted by Crippen LogP contribution is 2.32. The van der Waals surface area contributed by atoms with Crippen LogP contribution in [0.15, 0.2) is 121 Å². The molecular weight excluding hydrogens is 520 g/mol. The van der Waals surface area contributed by atoms with E-state index in [-0.39, 0.29) is 13.2 Å². The molecule has 5 rings (SSSR count). The monoisotopic (exact) mass is 556 g/mol. The average molecular weight is 557 g/mol. The molecule has 0 radical (unpaired) electrons. The van der Waals surface area contributed by atoms with Gasteiger partial charge in [0.1, 0.15) is 24.4 Å². The van der Waals surface area contributed by atoms with Gasteiger partial charge in [0.2, 0.25) is 0 Å². The summed E-state index contributed by atoms with van der Waals surface area (Å²) in [6, 6.07) is 39.1. The van der Waals surface area contributed by atoms with Crippen LogP contribution in [-0.4, -0.2) is 49.3 Å². The zero-order valence-corrected chi connectivity index (χ0v) is 23.2. The predicted molar refractivity (Wildman–Crippen MR) is 158 cm³/mol. The molecule has 2 N–H and O–H groups in total. The number of hydrogen-bond donors (Lipinski definition) is 2. The topological polar surface area (TPSA) is 76.0 Å². The molecule has 1 aliphatic rings. The molecular formula is C34H36O5S. The van der Waals surface area contributed by atoms with E-state index in [2.05, 4.69) is 0 Å². The number of aliphatic hydroxyl groups excluding tert-OH is 2. The van der Waals surface area contributed by atoms with Crippen molar-refractivity contribution in [1.29, 1.82) is 0 Å². The van der Waals surface area contributed by atoms with E-state index in [0.29, 0.717) is 12.8 Å². The van der Waals surface area contributed by atoms with Crippen molar-refractivity contribution in [3.8, 4) is 0 Å². The normalized spacial score (nSPS) is 26.7. The van der Waals surface area contributed by atoms with Crippen LogP contribution in [-0.2, 0) is 46.3 Å². The first-order chi connectivity index (χ1) is 19.6. The van der Waals surface area contributed by atoms with Gasteiger partial charge >= 0.3 is 0 Å². The lowest BCUT2D eigenvalue weighted by Crippen LogP contribution is -2.49. The van der Waals surface area contributed by atoms with E-state index >= 15 is 0 Å². The Kier molecular flexibility index (Phi) is 9.92. The van der Waals surface area contributed by atoms with E-state index in [1.54, 1.807) is 0 Å². The highest BCUT2D eigenvalue weighted by molar-refractivity contribution is 7.86. The van der Waals surface area contributed by atoms with Crippen molar-refractivity contribution < 1.29 is 23.9 Å². The van der Waals surface area contributed by atoms with Gasteiger partial charge < -0.3 is 19.7 Å². The van der Waals surface area contributed by atoms with Gasteiger partial charge in [0.15, 0.2) is 0 Å². The first-order valence-corrected chi connectivity index (χ1v) is 15.0. The van der Waals surface area contributed by atoms with Crippen molar-refractivity contribution in [2.24, 2.45) is 0 Å². The number of benzene rings is 4. The molecule has 0 spiro atoms. The molecule has 1 aliphatic heterocycles. The fourth-order valence-electron chi connectivity index (χ4n) is 5.35. The van der Waals surface area contributed by atoms with Crippen LogP contribution < -0.4 is 0 Å². The van der Waals surface area contributed by atoms with Crippen molar-refractivity contribution in [3.63, 3.8) is 0 Å². The van der Waals surface area contributed by atoms with Gasteiger partial charge in [0, 0.05) is 10.8 Å². The quantitative estimate of drug-likeness (QED) is 0.292. The van der Waals surface area contributed by atoms with Gasteiger partial charge in [-0.3, -0.25) is 4.21 Å². The Balaban J connectivity index is 1.50. The Morgan fingerprint density at radius 2 is 0.800 bits per heavy atom. The van der Waals surface area contributed by atoms with Gasteiger partial charge in [-0.2, -0.15) is 0 Å². The molecule has 1 fully saturated rings. The van der Waals surface area contributed by atoms with Crippen LogP contribution in [0.5, 0.6) is 0 Å². The summed E-state index contributed by atoms with van der Waals surface area (Å²) in [5.41, 5.74) is 3.88. The summed E-state index contributed by atoms with van der Waals surface area (Å²) >= 11 is 0. The van der Waals surface area contributed by atoms with Gasteiger partial charge in [-0.15, -0.1) is 0 Å². The van der Waals surface area contributed by atoms with Crippen LogP contribution in [0.1, 0.15) is 22.3 Å². The molecule has 0 amide bonds. The van der Waals surface area contributed by atoms with Crippen LogP contribution in [0, 0.1) is 0 Å². The molecule has 0 aromatic heterocycles. The summed E-state index contributed by atoms with van der Waals surface area (Å²) in [5.74, 6) is 0. The standard InChI is InChI=1S/C34H36O5S/c35-31-32(36)34(39-24-28-19-11-4-12-20-28)30(22-26-15-7-2-8-16-26)40(37)29(21-25-13-5-1-6-14-25)33(31)38-23-27-17-9-3-10-18-27/h1-20,29-36H,21-24H2/t29-,30+,31-,32-,33+,34+,40?/m1/s1. The molecule has 0 bridgehead atoms. The van der Waals surface area contributed by atoms with Gasteiger partial charge in [-0.05, 0) is 35.1 Å². The zero-order valence-electron chi connectivity index (χ0n) is 22.4. The summed E-state index contributed by atoms with van der Waals surface area (Å²) in [7, 11) is -1.52. The number of hydrogen-bond acceptors (Lipinski definition) is 5. The minimum atomic E-state index is -1.52. The molecule has 1 saturated heterocycles. The SMILES string of the molecule is O=S1[C@H](Cc2ccccc2)[C@H](OCc2ccccc2)[C@H](O)[C@@H](O)[C@@H](OCc2ccccc2)[C@@H]1Cc1ccccc1. The molecule has 0 saturated carbocycles.